The van der Waals surface area contributed by atoms with E-state index < -0.39 is 0 Å². The topological polar surface area (TPSA) is 74.6 Å². The fourth-order valence-corrected chi connectivity index (χ4v) is 3.09. The number of benzene rings is 2. The van der Waals surface area contributed by atoms with Crippen molar-refractivity contribution in [1.29, 1.82) is 0 Å². The van der Waals surface area contributed by atoms with E-state index in [-0.39, 0.29) is 5.91 Å². The Kier molecular flexibility index (Phi) is 7.19. The molecule has 0 fully saturated rings. The first kappa shape index (κ1) is 21.5. The Bertz CT molecular complexity index is 983. The van der Waals surface area contributed by atoms with Crippen LogP contribution < -0.4 is 19.5 Å². The van der Waals surface area contributed by atoms with Crippen molar-refractivity contribution in [3.63, 3.8) is 0 Å². The number of anilines is 1. The Morgan fingerprint density at radius 3 is 2.37 bits per heavy atom. The molecule has 0 saturated heterocycles. The summed E-state index contributed by atoms with van der Waals surface area (Å²) in [6.45, 7) is 5.38. The number of ether oxygens (including phenoxy) is 3. The number of hydrogen-bond acceptors (Lipinski definition) is 5. The van der Waals surface area contributed by atoms with Crippen molar-refractivity contribution >= 4 is 23.2 Å². The summed E-state index contributed by atoms with van der Waals surface area (Å²) in [4.78, 5) is 12.4. The molecule has 8 heteroatoms. The summed E-state index contributed by atoms with van der Waals surface area (Å²) in [5.41, 5.74) is 1.90. The van der Waals surface area contributed by atoms with Crippen molar-refractivity contribution in [3.8, 4) is 17.2 Å². The Hall–Kier alpha value is -3.19. The Balaban J connectivity index is 1.61. The van der Waals surface area contributed by atoms with Gasteiger partial charge in [0, 0.05) is 12.7 Å². The van der Waals surface area contributed by atoms with Gasteiger partial charge in [-0.25, -0.2) is 0 Å². The minimum Gasteiger partial charge on any atom is -0.490 e. The van der Waals surface area contributed by atoms with Crippen LogP contribution in [-0.4, -0.2) is 28.9 Å². The molecule has 0 bridgehead atoms. The molecule has 1 N–H and O–H groups in total. The second-order valence-electron chi connectivity index (χ2n) is 6.38. The van der Waals surface area contributed by atoms with Gasteiger partial charge in [0.1, 0.15) is 18.1 Å². The first-order valence-corrected chi connectivity index (χ1v) is 9.99. The van der Waals surface area contributed by atoms with Gasteiger partial charge in [-0.05, 0) is 55.8 Å². The lowest BCUT2D eigenvalue weighted by atomic mass is 10.2. The molecule has 1 amide bonds. The number of amides is 1. The number of aromatic nitrogens is 2. The van der Waals surface area contributed by atoms with Crippen molar-refractivity contribution in [3.05, 3.63) is 64.9 Å². The van der Waals surface area contributed by atoms with E-state index in [2.05, 4.69) is 10.4 Å². The van der Waals surface area contributed by atoms with E-state index >= 15 is 0 Å². The standard InChI is InChI=1S/C22H24ClN3O4/c1-4-28-19-11-6-15(12-20(19)29-5-2)14-30-17-9-7-16(8-10-17)25-22(27)21-18(23)13-24-26(21)3/h6-13H,4-5,14H2,1-3H3,(H,25,27). The SMILES string of the molecule is CCOc1ccc(COc2ccc(NC(=O)c3c(Cl)cnn3C)cc2)cc1OCC. The summed E-state index contributed by atoms with van der Waals surface area (Å²) < 4.78 is 18.5. The molecular weight excluding hydrogens is 406 g/mol. The molecule has 0 atom stereocenters. The van der Waals surface area contributed by atoms with Crippen LogP contribution in [0.4, 0.5) is 5.69 Å². The molecule has 0 aliphatic carbocycles. The second kappa shape index (κ2) is 10.0. The molecule has 0 saturated carbocycles. The third-order valence-corrected chi connectivity index (χ3v) is 4.51. The third kappa shape index (κ3) is 5.24. The molecule has 0 aliphatic rings. The van der Waals surface area contributed by atoms with Gasteiger partial charge in [-0.15, -0.1) is 0 Å². The van der Waals surface area contributed by atoms with Gasteiger partial charge in [-0.1, -0.05) is 17.7 Å². The number of aryl methyl sites for hydroxylation is 1. The fraction of sp³-hybridized carbons (Fsp3) is 0.273. The van der Waals surface area contributed by atoms with Crippen molar-refractivity contribution < 1.29 is 19.0 Å². The van der Waals surface area contributed by atoms with E-state index in [1.165, 1.54) is 10.9 Å². The average molecular weight is 430 g/mol. The van der Waals surface area contributed by atoms with Crippen LogP contribution in [0.25, 0.3) is 0 Å². The number of nitrogens with one attached hydrogen (secondary N) is 1. The fourth-order valence-electron chi connectivity index (χ4n) is 2.84. The highest BCUT2D eigenvalue weighted by molar-refractivity contribution is 6.34. The zero-order valence-electron chi connectivity index (χ0n) is 17.1. The van der Waals surface area contributed by atoms with Crippen molar-refractivity contribution in [2.24, 2.45) is 7.05 Å². The predicted octanol–water partition coefficient (Wildman–Crippen LogP) is 4.70. The molecule has 3 rings (SSSR count). The lowest BCUT2D eigenvalue weighted by Gasteiger charge is -2.13. The predicted molar refractivity (Wildman–Crippen MR) is 116 cm³/mol. The van der Waals surface area contributed by atoms with Gasteiger partial charge in [0.25, 0.3) is 5.91 Å². The van der Waals surface area contributed by atoms with Gasteiger partial charge in [0.05, 0.1) is 24.4 Å². The Labute approximate surface area is 180 Å². The molecule has 158 valence electrons. The first-order chi connectivity index (χ1) is 14.5. The highest BCUT2D eigenvalue weighted by atomic mass is 35.5. The van der Waals surface area contributed by atoms with E-state index in [0.29, 0.717) is 47.7 Å². The van der Waals surface area contributed by atoms with Crippen LogP contribution in [0.5, 0.6) is 17.2 Å². The first-order valence-electron chi connectivity index (χ1n) is 9.62. The van der Waals surface area contributed by atoms with Gasteiger partial charge < -0.3 is 19.5 Å². The van der Waals surface area contributed by atoms with Gasteiger partial charge in [-0.2, -0.15) is 5.10 Å². The van der Waals surface area contributed by atoms with Gasteiger partial charge in [0.15, 0.2) is 11.5 Å². The highest BCUT2D eigenvalue weighted by Crippen LogP contribution is 2.29. The van der Waals surface area contributed by atoms with Crippen molar-refractivity contribution in [2.75, 3.05) is 18.5 Å². The van der Waals surface area contributed by atoms with E-state index in [9.17, 15) is 4.79 Å². The summed E-state index contributed by atoms with van der Waals surface area (Å²) in [5, 5.41) is 7.07. The average Bonchev–Trinajstić information content (AvgIpc) is 3.07. The van der Waals surface area contributed by atoms with E-state index in [4.69, 9.17) is 25.8 Å². The largest absolute Gasteiger partial charge is 0.490 e. The zero-order chi connectivity index (χ0) is 21.5. The maximum Gasteiger partial charge on any atom is 0.275 e. The zero-order valence-corrected chi connectivity index (χ0v) is 17.9. The van der Waals surface area contributed by atoms with Crippen LogP contribution in [-0.2, 0) is 13.7 Å². The number of hydrogen-bond donors (Lipinski definition) is 1. The van der Waals surface area contributed by atoms with Crippen LogP contribution in [0, 0.1) is 0 Å². The van der Waals surface area contributed by atoms with Crippen molar-refractivity contribution in [1.82, 2.24) is 9.78 Å². The third-order valence-electron chi connectivity index (χ3n) is 4.23. The molecule has 7 nitrogen and oxygen atoms in total. The molecule has 0 spiro atoms. The molecule has 0 unspecified atom stereocenters. The van der Waals surface area contributed by atoms with Crippen LogP contribution in [0.1, 0.15) is 29.9 Å². The number of carbonyl (C=O) groups excluding carboxylic acids is 1. The lowest BCUT2D eigenvalue weighted by Crippen LogP contribution is -2.16. The second-order valence-corrected chi connectivity index (χ2v) is 6.79. The monoisotopic (exact) mass is 429 g/mol. The Morgan fingerprint density at radius 2 is 1.73 bits per heavy atom. The summed E-state index contributed by atoms with van der Waals surface area (Å²) >= 11 is 6.01. The molecule has 3 aromatic rings. The van der Waals surface area contributed by atoms with Crippen LogP contribution >= 0.6 is 11.6 Å². The number of carbonyl (C=O) groups is 1. The number of rotatable bonds is 9. The minimum absolute atomic E-state index is 0.303. The molecular formula is C22H24ClN3O4. The molecule has 0 radical (unpaired) electrons. The normalized spacial score (nSPS) is 10.5. The van der Waals surface area contributed by atoms with Gasteiger partial charge in [0.2, 0.25) is 0 Å². The summed E-state index contributed by atoms with van der Waals surface area (Å²) in [6, 6.07) is 12.9. The number of halogens is 1. The summed E-state index contributed by atoms with van der Waals surface area (Å²) in [6.07, 6.45) is 1.44. The maximum atomic E-state index is 12.4. The summed E-state index contributed by atoms with van der Waals surface area (Å²) in [7, 11) is 1.66. The maximum absolute atomic E-state index is 12.4. The van der Waals surface area contributed by atoms with Gasteiger partial charge >= 0.3 is 0 Å². The van der Waals surface area contributed by atoms with E-state index in [1.54, 1.807) is 31.3 Å². The number of nitrogens with zero attached hydrogens (tertiary/aromatic N) is 2. The summed E-state index contributed by atoms with van der Waals surface area (Å²) in [5.74, 6) is 1.77. The molecule has 30 heavy (non-hydrogen) atoms. The van der Waals surface area contributed by atoms with Crippen LogP contribution in [0.3, 0.4) is 0 Å². The highest BCUT2D eigenvalue weighted by Gasteiger charge is 2.15. The molecule has 1 aromatic heterocycles. The quantitative estimate of drug-likeness (QED) is 0.533. The molecule has 1 heterocycles. The van der Waals surface area contributed by atoms with E-state index in [1.807, 2.05) is 32.0 Å². The van der Waals surface area contributed by atoms with Crippen LogP contribution in [0.15, 0.2) is 48.7 Å². The van der Waals surface area contributed by atoms with Gasteiger partial charge in [-0.3, -0.25) is 9.48 Å². The molecule has 0 aliphatic heterocycles. The van der Waals surface area contributed by atoms with Crippen molar-refractivity contribution in [2.45, 2.75) is 20.5 Å². The molecule has 2 aromatic carbocycles. The lowest BCUT2D eigenvalue weighted by molar-refractivity contribution is 0.101. The minimum atomic E-state index is -0.327. The van der Waals surface area contributed by atoms with Crippen LogP contribution in [0.2, 0.25) is 5.02 Å². The Morgan fingerprint density at radius 1 is 1.03 bits per heavy atom. The smallest absolute Gasteiger partial charge is 0.275 e. The van der Waals surface area contributed by atoms with E-state index in [0.717, 1.165) is 11.3 Å².